The lowest BCUT2D eigenvalue weighted by atomic mass is 10.1. The zero-order valence-electron chi connectivity index (χ0n) is 13.6. The van der Waals surface area contributed by atoms with Crippen LogP contribution in [-0.4, -0.2) is 29.0 Å². The minimum Gasteiger partial charge on any atom is -0.346 e. The van der Waals surface area contributed by atoms with Gasteiger partial charge in [-0.15, -0.1) is 0 Å². The summed E-state index contributed by atoms with van der Waals surface area (Å²) in [6.45, 7) is 4.23. The van der Waals surface area contributed by atoms with E-state index in [2.05, 4.69) is 20.2 Å². The van der Waals surface area contributed by atoms with Crippen molar-refractivity contribution in [2.45, 2.75) is 26.3 Å². The van der Waals surface area contributed by atoms with Crippen LogP contribution in [0.25, 0.3) is 0 Å². The van der Waals surface area contributed by atoms with Crippen LogP contribution in [-0.2, 0) is 6.54 Å². The Bertz CT molecular complexity index is 790. The summed E-state index contributed by atoms with van der Waals surface area (Å²) in [5, 5.41) is 11.8. The Balaban J connectivity index is 1.69. The zero-order valence-corrected chi connectivity index (χ0v) is 13.6. The van der Waals surface area contributed by atoms with E-state index in [1.807, 2.05) is 19.1 Å². The predicted molar refractivity (Wildman–Crippen MR) is 90.5 cm³/mol. The first-order chi connectivity index (χ1) is 11.7. The third-order valence-electron chi connectivity index (χ3n) is 3.97. The van der Waals surface area contributed by atoms with Crippen molar-refractivity contribution in [1.82, 2.24) is 15.3 Å². The van der Waals surface area contributed by atoms with Gasteiger partial charge >= 0.3 is 0 Å². The summed E-state index contributed by atoms with van der Waals surface area (Å²) in [4.78, 5) is 23.5. The highest BCUT2D eigenvalue weighted by Crippen LogP contribution is 2.16. The molecule has 1 aromatic heterocycles. The highest BCUT2D eigenvalue weighted by molar-refractivity contribution is 5.94. The quantitative estimate of drug-likeness (QED) is 0.933. The molecule has 0 spiro atoms. The Morgan fingerprint density at radius 1 is 1.29 bits per heavy atom. The number of hydrogen-bond donors (Lipinski definition) is 1. The molecule has 122 valence electrons. The van der Waals surface area contributed by atoms with Crippen LogP contribution in [0.15, 0.2) is 30.3 Å². The summed E-state index contributed by atoms with van der Waals surface area (Å²) in [6.07, 6.45) is 2.33. The Morgan fingerprint density at radius 3 is 2.83 bits per heavy atom. The maximum absolute atomic E-state index is 12.2. The van der Waals surface area contributed by atoms with Gasteiger partial charge < -0.3 is 10.2 Å². The molecule has 1 N–H and O–H groups in total. The van der Waals surface area contributed by atoms with Crippen LogP contribution in [0.2, 0.25) is 0 Å². The highest BCUT2D eigenvalue weighted by atomic mass is 16.1. The first-order valence-electron chi connectivity index (χ1n) is 8.03. The molecule has 0 unspecified atom stereocenters. The number of nitrogens with zero attached hydrogens (tertiary/aromatic N) is 4. The summed E-state index contributed by atoms with van der Waals surface area (Å²) < 4.78 is 0. The fourth-order valence-electron chi connectivity index (χ4n) is 2.77. The van der Waals surface area contributed by atoms with Crippen LogP contribution in [0.3, 0.4) is 0 Å². The van der Waals surface area contributed by atoms with E-state index in [0.29, 0.717) is 17.7 Å². The van der Waals surface area contributed by atoms with Gasteiger partial charge in [0, 0.05) is 24.3 Å². The molecule has 24 heavy (non-hydrogen) atoms. The average Bonchev–Trinajstić information content (AvgIpc) is 3.14. The number of benzene rings is 1. The lowest BCUT2D eigenvalue weighted by Crippen LogP contribution is -2.25. The third-order valence-corrected chi connectivity index (χ3v) is 3.97. The number of nitrogens with one attached hydrogen (secondary N) is 1. The minimum atomic E-state index is -0.217. The SMILES string of the molecule is Cc1cc(CNC(=O)c2cccc(C#N)c2)nc(N2CCCC2)n1. The second-order valence-corrected chi connectivity index (χ2v) is 5.87. The van der Waals surface area contributed by atoms with Crippen molar-refractivity contribution in [3.05, 3.63) is 52.8 Å². The van der Waals surface area contributed by atoms with Gasteiger partial charge in [-0.3, -0.25) is 4.79 Å². The van der Waals surface area contributed by atoms with Gasteiger partial charge in [0.25, 0.3) is 5.91 Å². The Morgan fingerprint density at radius 2 is 2.08 bits per heavy atom. The molecule has 1 aromatic carbocycles. The average molecular weight is 321 g/mol. The molecule has 0 radical (unpaired) electrons. The second kappa shape index (κ2) is 7.09. The predicted octanol–water partition coefficient (Wildman–Crippen LogP) is 2.19. The monoisotopic (exact) mass is 321 g/mol. The van der Waals surface area contributed by atoms with Crippen molar-refractivity contribution in [2.75, 3.05) is 18.0 Å². The maximum atomic E-state index is 12.2. The minimum absolute atomic E-state index is 0.217. The van der Waals surface area contributed by atoms with Crippen LogP contribution < -0.4 is 10.2 Å². The summed E-state index contributed by atoms with van der Waals surface area (Å²) in [5.41, 5.74) is 2.62. The van der Waals surface area contributed by atoms with Crippen LogP contribution >= 0.6 is 0 Å². The van der Waals surface area contributed by atoms with Crippen LogP contribution in [0, 0.1) is 18.3 Å². The number of anilines is 1. The second-order valence-electron chi connectivity index (χ2n) is 5.87. The molecule has 1 amide bonds. The summed E-state index contributed by atoms with van der Waals surface area (Å²) in [7, 11) is 0. The summed E-state index contributed by atoms with van der Waals surface area (Å²) in [5.74, 6) is 0.523. The zero-order chi connectivity index (χ0) is 16.9. The van der Waals surface area contributed by atoms with Crippen molar-refractivity contribution in [3.8, 4) is 6.07 Å². The molecule has 1 aliphatic heterocycles. The number of rotatable bonds is 4. The van der Waals surface area contributed by atoms with E-state index < -0.39 is 0 Å². The van der Waals surface area contributed by atoms with E-state index in [4.69, 9.17) is 5.26 Å². The van der Waals surface area contributed by atoms with Crippen LogP contribution in [0.4, 0.5) is 5.95 Å². The molecule has 2 heterocycles. The van der Waals surface area contributed by atoms with E-state index in [9.17, 15) is 4.79 Å². The number of hydrogen-bond acceptors (Lipinski definition) is 5. The van der Waals surface area contributed by atoms with Gasteiger partial charge in [0.15, 0.2) is 0 Å². The van der Waals surface area contributed by atoms with Crippen LogP contribution in [0.5, 0.6) is 0 Å². The highest BCUT2D eigenvalue weighted by Gasteiger charge is 2.16. The van der Waals surface area contributed by atoms with E-state index in [1.165, 1.54) is 12.8 Å². The number of aromatic nitrogens is 2. The van der Waals surface area contributed by atoms with Crippen LogP contribution in [0.1, 0.15) is 40.2 Å². The van der Waals surface area contributed by atoms with Crippen molar-refractivity contribution in [2.24, 2.45) is 0 Å². The molecule has 1 fully saturated rings. The van der Waals surface area contributed by atoms with Gasteiger partial charge in [-0.2, -0.15) is 5.26 Å². The molecule has 3 rings (SSSR count). The standard InChI is InChI=1S/C18H19N5O/c1-13-9-16(22-18(21-13)23-7-2-3-8-23)12-20-17(24)15-6-4-5-14(10-15)11-19/h4-6,9-10H,2-3,7-8,12H2,1H3,(H,20,24). The largest absolute Gasteiger partial charge is 0.346 e. The maximum Gasteiger partial charge on any atom is 0.251 e. The van der Waals surface area contributed by atoms with Gasteiger partial charge in [0.05, 0.1) is 23.9 Å². The van der Waals surface area contributed by atoms with E-state index >= 15 is 0 Å². The fraction of sp³-hybridized carbons (Fsp3) is 0.333. The molecule has 2 aromatic rings. The van der Waals surface area contributed by atoms with Crippen molar-refractivity contribution in [3.63, 3.8) is 0 Å². The molecular formula is C18H19N5O. The van der Waals surface area contributed by atoms with Gasteiger partial charge in [0.1, 0.15) is 0 Å². The molecular weight excluding hydrogens is 302 g/mol. The molecule has 0 bridgehead atoms. The number of carbonyl (C=O) groups excluding carboxylic acids is 1. The van der Waals surface area contributed by atoms with Crippen molar-refractivity contribution in [1.29, 1.82) is 5.26 Å². The lowest BCUT2D eigenvalue weighted by molar-refractivity contribution is 0.0950. The van der Waals surface area contributed by atoms with E-state index in [0.717, 1.165) is 30.4 Å². The van der Waals surface area contributed by atoms with E-state index in [-0.39, 0.29) is 5.91 Å². The first kappa shape index (κ1) is 15.9. The summed E-state index contributed by atoms with van der Waals surface area (Å²) in [6, 6.07) is 10.6. The van der Waals surface area contributed by atoms with Gasteiger partial charge in [-0.1, -0.05) is 6.07 Å². The van der Waals surface area contributed by atoms with E-state index in [1.54, 1.807) is 24.3 Å². The number of amides is 1. The Hall–Kier alpha value is -2.94. The first-order valence-corrected chi connectivity index (χ1v) is 8.03. The van der Waals surface area contributed by atoms with Gasteiger partial charge in [0.2, 0.25) is 5.95 Å². The number of carbonyl (C=O) groups is 1. The molecule has 1 aliphatic rings. The van der Waals surface area contributed by atoms with Gasteiger partial charge in [-0.25, -0.2) is 9.97 Å². The molecule has 6 nitrogen and oxygen atoms in total. The fourth-order valence-corrected chi connectivity index (χ4v) is 2.77. The topological polar surface area (TPSA) is 81.9 Å². The molecule has 0 saturated carbocycles. The molecule has 1 saturated heterocycles. The smallest absolute Gasteiger partial charge is 0.251 e. The number of nitriles is 1. The van der Waals surface area contributed by atoms with Crippen molar-refractivity contribution < 1.29 is 4.79 Å². The molecule has 0 aliphatic carbocycles. The molecule has 0 atom stereocenters. The van der Waals surface area contributed by atoms with Gasteiger partial charge in [-0.05, 0) is 44.0 Å². The Labute approximate surface area is 141 Å². The Kier molecular flexibility index (Phi) is 4.71. The lowest BCUT2D eigenvalue weighted by Gasteiger charge is -2.16. The number of aryl methyl sites for hydroxylation is 1. The normalized spacial score (nSPS) is 13.6. The third kappa shape index (κ3) is 3.69. The molecule has 6 heteroatoms. The van der Waals surface area contributed by atoms with Crippen molar-refractivity contribution >= 4 is 11.9 Å². The summed E-state index contributed by atoms with van der Waals surface area (Å²) >= 11 is 0.